The standard InChI is InChI=1S/C58H68FN7O14/c1-4-58(79)39-25-44-53-37(29-66(44)56(77)38(39)30-80-57(58)78)52-41(17-16-36-32(3)40(59)26-43(64-53)51(36)52)62-48(71)15-11-20-60-54(75)34(23-33-12-7-5-8-13-33)24-35(67)28-61-46(69)19-18-45(68)42(27-50(73)74)63-47(70)14-9-6-10-21-65-49(72)22-31(2)55(65)76/h5,7-8,12-13,25-26,31,34,41-43,51,79H,4,6,9-11,14-24,27-30H2,1-3H3,(H,60,75)(H,61,69)(H,62,71)(H,63,70)(H,73,74)/t31?,34-,41+,42+,43?,51?,58+/m1/s1. The molecule has 22 heteroatoms. The molecule has 0 radical (unpaired) electrons. The Hall–Kier alpha value is -7.75. The monoisotopic (exact) mass is 1110 g/mol. The molecule has 0 bridgehead atoms. The Bertz CT molecular complexity index is 3090. The Morgan fingerprint density at radius 3 is 2.39 bits per heavy atom. The quantitative estimate of drug-likeness (QED) is 0.0448. The molecule has 1 saturated carbocycles. The minimum absolute atomic E-state index is 0.00914. The van der Waals surface area contributed by atoms with Crippen LogP contribution in [-0.2, 0) is 77.9 Å². The van der Waals surface area contributed by atoms with E-state index in [1.165, 1.54) is 15.5 Å². The van der Waals surface area contributed by atoms with Gasteiger partial charge in [-0.15, -0.1) is 0 Å². The van der Waals surface area contributed by atoms with Crippen molar-refractivity contribution in [2.45, 2.75) is 154 Å². The predicted molar refractivity (Wildman–Crippen MR) is 284 cm³/mol. The molecule has 3 unspecified atom stereocenters. The number of aliphatic carboxylic acids is 1. The molecule has 426 valence electrons. The number of halogens is 1. The van der Waals surface area contributed by atoms with E-state index in [0.717, 1.165) is 16.7 Å². The predicted octanol–water partition coefficient (Wildman–Crippen LogP) is 3.16. The van der Waals surface area contributed by atoms with Crippen molar-refractivity contribution in [3.8, 4) is 0 Å². The highest BCUT2D eigenvalue weighted by molar-refractivity contribution is 6.15. The maximum absolute atomic E-state index is 15.5. The molecule has 6 amide bonds. The number of carboxylic acid groups (broad SMARTS) is 1. The number of nitrogens with one attached hydrogen (secondary N) is 4. The number of cyclic esters (lactones) is 1. The number of carbonyl (C=O) groups excluding carboxylic acids is 9. The minimum atomic E-state index is -2.04. The van der Waals surface area contributed by atoms with Crippen molar-refractivity contribution in [1.29, 1.82) is 0 Å². The molecule has 0 spiro atoms. The summed E-state index contributed by atoms with van der Waals surface area (Å²) < 4.78 is 22.2. The number of amides is 6. The largest absolute Gasteiger partial charge is 0.481 e. The number of aromatic nitrogens is 1. The number of Topliss-reactive ketones (excluding diaryl/α,β-unsaturated/α-hetero) is 2. The van der Waals surface area contributed by atoms with Crippen molar-refractivity contribution in [3.63, 3.8) is 0 Å². The van der Waals surface area contributed by atoms with Crippen LogP contribution in [-0.4, -0.2) is 122 Å². The number of likely N-dealkylation sites (tertiary alicyclic amines) is 1. The maximum atomic E-state index is 15.5. The number of fused-ring (bicyclic) bond motifs is 4. The summed E-state index contributed by atoms with van der Waals surface area (Å²) in [7, 11) is 0. The molecular formula is C58H68FN7O14. The van der Waals surface area contributed by atoms with E-state index < -0.39 is 108 Å². The van der Waals surface area contributed by atoms with E-state index in [9.17, 15) is 63.0 Å². The van der Waals surface area contributed by atoms with Gasteiger partial charge in [0.1, 0.15) is 12.4 Å². The van der Waals surface area contributed by atoms with Gasteiger partial charge in [0, 0.05) is 80.5 Å². The lowest BCUT2D eigenvalue weighted by molar-refractivity contribution is -0.172. The fourth-order valence-corrected chi connectivity index (χ4v) is 11.7. The molecule has 2 fully saturated rings. The van der Waals surface area contributed by atoms with Gasteiger partial charge < -0.3 is 40.8 Å². The molecule has 1 saturated heterocycles. The molecule has 1 aromatic carbocycles. The van der Waals surface area contributed by atoms with Gasteiger partial charge in [0.25, 0.3) is 5.56 Å². The van der Waals surface area contributed by atoms with Crippen LogP contribution < -0.4 is 26.8 Å². The van der Waals surface area contributed by atoms with Gasteiger partial charge in [-0.25, -0.2) is 9.18 Å². The first-order valence-corrected chi connectivity index (χ1v) is 27.5. The number of benzene rings is 1. The van der Waals surface area contributed by atoms with Gasteiger partial charge in [0.15, 0.2) is 17.2 Å². The fourth-order valence-electron chi connectivity index (χ4n) is 11.7. The Labute approximate surface area is 460 Å². The Morgan fingerprint density at radius 2 is 1.68 bits per heavy atom. The molecule has 1 aromatic heterocycles. The van der Waals surface area contributed by atoms with E-state index in [0.29, 0.717) is 54.7 Å². The summed E-state index contributed by atoms with van der Waals surface area (Å²) in [5, 5.41) is 31.8. The molecule has 5 heterocycles. The molecule has 8 rings (SSSR count). The number of aliphatic hydroxyl groups is 1. The molecule has 4 aliphatic heterocycles. The highest BCUT2D eigenvalue weighted by Crippen LogP contribution is 2.49. The van der Waals surface area contributed by atoms with Crippen LogP contribution in [0.5, 0.6) is 0 Å². The van der Waals surface area contributed by atoms with Crippen LogP contribution in [0.2, 0.25) is 0 Å². The second kappa shape index (κ2) is 25.1. The van der Waals surface area contributed by atoms with Crippen molar-refractivity contribution < 1.29 is 67.3 Å². The zero-order valence-corrected chi connectivity index (χ0v) is 45.2. The van der Waals surface area contributed by atoms with Gasteiger partial charge in [-0.1, -0.05) is 56.2 Å². The van der Waals surface area contributed by atoms with Crippen molar-refractivity contribution in [1.82, 2.24) is 30.7 Å². The summed E-state index contributed by atoms with van der Waals surface area (Å²) in [5.41, 5.74) is 2.32. The highest BCUT2D eigenvalue weighted by Gasteiger charge is 2.49. The van der Waals surface area contributed by atoms with E-state index in [1.807, 2.05) is 18.2 Å². The molecule has 21 nitrogen and oxygen atoms in total. The molecule has 6 N–H and O–H groups in total. The Balaban J connectivity index is 0.821. The lowest BCUT2D eigenvalue weighted by atomic mass is 9.66. The number of hydrogen-bond acceptors (Lipinski definition) is 14. The van der Waals surface area contributed by atoms with E-state index in [4.69, 9.17) is 9.73 Å². The van der Waals surface area contributed by atoms with Crippen LogP contribution in [0, 0.1) is 17.8 Å². The number of ketones is 2. The number of ether oxygens (including phenoxy) is 1. The Morgan fingerprint density at radius 1 is 0.925 bits per heavy atom. The average Bonchev–Trinajstić information content (AvgIpc) is 4.11. The first kappa shape index (κ1) is 58.4. The van der Waals surface area contributed by atoms with Gasteiger partial charge >= 0.3 is 11.9 Å². The van der Waals surface area contributed by atoms with Gasteiger partial charge in [-0.05, 0) is 80.7 Å². The number of carbonyl (C=O) groups is 10. The van der Waals surface area contributed by atoms with Crippen LogP contribution in [0.1, 0.15) is 133 Å². The van der Waals surface area contributed by atoms with E-state index in [1.54, 1.807) is 39.0 Å². The number of dihydropyridines is 1. The number of allylic oxidation sites excluding steroid dienone is 3. The number of unbranched alkanes of at least 4 members (excludes halogenated alkanes) is 2. The van der Waals surface area contributed by atoms with Crippen LogP contribution in [0.3, 0.4) is 0 Å². The zero-order valence-electron chi connectivity index (χ0n) is 45.2. The SMILES string of the molecule is CC[C@@]1(O)C(=O)OCc2c1cc1n(c2=O)CC2=C3C4C(=C(C)C(F)=CC4N=C21)CC[C@@H]3NC(=O)CCCNC(=O)[C@@H](CC(=O)CNC(=O)CCC(=O)[C@H](CC(=O)O)NC(=O)CCCCCN1C(=O)CC(C)C1=O)Cc1ccccc1. The number of hydrogen-bond donors (Lipinski definition) is 6. The second-order valence-electron chi connectivity index (χ2n) is 21.6. The number of imide groups is 1. The van der Waals surface area contributed by atoms with Gasteiger partial charge in [0.05, 0.1) is 54.6 Å². The Kier molecular flexibility index (Phi) is 18.4. The smallest absolute Gasteiger partial charge is 0.343 e. The second-order valence-corrected chi connectivity index (χ2v) is 21.6. The summed E-state index contributed by atoms with van der Waals surface area (Å²) in [5.74, 6) is -7.82. The van der Waals surface area contributed by atoms with Crippen molar-refractivity contribution in [2.24, 2.45) is 22.7 Å². The van der Waals surface area contributed by atoms with E-state index in [2.05, 4.69) is 21.3 Å². The van der Waals surface area contributed by atoms with E-state index >= 15 is 4.39 Å². The lowest BCUT2D eigenvalue weighted by Crippen LogP contribution is -2.47. The molecule has 80 heavy (non-hydrogen) atoms. The number of pyridine rings is 1. The third-order valence-electron chi connectivity index (χ3n) is 16.1. The summed E-state index contributed by atoms with van der Waals surface area (Å²) in [6, 6.07) is 8.03. The maximum Gasteiger partial charge on any atom is 0.343 e. The first-order chi connectivity index (χ1) is 38.2. The third kappa shape index (κ3) is 12.8. The van der Waals surface area contributed by atoms with Gasteiger partial charge in [-0.3, -0.25) is 57.8 Å². The number of esters is 1. The number of carboxylic acids is 1. The lowest BCUT2D eigenvalue weighted by Gasteiger charge is -2.43. The minimum Gasteiger partial charge on any atom is -0.481 e. The van der Waals surface area contributed by atoms with Crippen LogP contribution >= 0.6 is 0 Å². The molecule has 6 aliphatic rings. The summed E-state index contributed by atoms with van der Waals surface area (Å²) in [6.45, 7) is 4.69. The van der Waals surface area contributed by atoms with Gasteiger partial charge in [-0.2, -0.15) is 0 Å². The third-order valence-corrected chi connectivity index (χ3v) is 16.1. The molecular weight excluding hydrogens is 1040 g/mol. The van der Waals surface area contributed by atoms with Crippen LogP contribution in [0.25, 0.3) is 0 Å². The normalized spacial score (nSPS) is 22.4. The van der Waals surface area contributed by atoms with Crippen LogP contribution in [0.4, 0.5) is 4.39 Å². The number of rotatable bonds is 26. The number of nitrogens with zero attached hydrogens (tertiary/aromatic N) is 3. The molecule has 2 aliphatic carbocycles. The number of aliphatic imine (C=N–C) groups is 1. The van der Waals surface area contributed by atoms with Gasteiger partial charge in [0.2, 0.25) is 35.4 Å². The fraction of sp³-hybridized carbons (Fsp3) is 0.517. The van der Waals surface area contributed by atoms with Crippen molar-refractivity contribution in [3.05, 3.63) is 103 Å². The van der Waals surface area contributed by atoms with Crippen molar-refractivity contribution in [2.75, 3.05) is 19.6 Å². The summed E-state index contributed by atoms with van der Waals surface area (Å²) in [4.78, 5) is 148. The average molecular weight is 1110 g/mol. The highest BCUT2D eigenvalue weighted by atomic mass is 19.1. The summed E-state index contributed by atoms with van der Waals surface area (Å²) >= 11 is 0. The topological polar surface area (TPSA) is 306 Å². The van der Waals surface area contributed by atoms with Crippen LogP contribution in [0.15, 0.2) is 80.4 Å². The van der Waals surface area contributed by atoms with Crippen molar-refractivity contribution >= 4 is 64.7 Å². The summed E-state index contributed by atoms with van der Waals surface area (Å²) in [6.07, 6.45) is 2.45. The molecule has 2 aromatic rings. The molecule has 7 atom stereocenters. The first-order valence-electron chi connectivity index (χ1n) is 27.5. The zero-order chi connectivity index (χ0) is 57.6. The van der Waals surface area contributed by atoms with E-state index in [-0.39, 0.29) is 112 Å².